The molecule has 0 aliphatic rings. The molecule has 0 bridgehead atoms. The highest BCUT2D eigenvalue weighted by Gasteiger charge is 2.32. The summed E-state index contributed by atoms with van der Waals surface area (Å²) in [5.74, 6) is -0.265. The van der Waals surface area contributed by atoms with E-state index in [1.54, 1.807) is 43.3 Å². The lowest BCUT2D eigenvalue weighted by Gasteiger charge is -2.32. The molecule has 0 fully saturated rings. The third kappa shape index (κ3) is 7.38. The van der Waals surface area contributed by atoms with Crippen molar-refractivity contribution in [3.8, 4) is 5.75 Å². The second-order valence-corrected chi connectivity index (χ2v) is 11.7. The monoisotopic (exact) mass is 551 g/mol. The Labute approximate surface area is 231 Å². The summed E-state index contributed by atoms with van der Waals surface area (Å²) in [6.07, 6.45) is 0. The van der Waals surface area contributed by atoms with E-state index in [1.165, 1.54) is 24.1 Å². The number of sulfonamides is 1. The molecule has 8 nitrogen and oxygen atoms in total. The van der Waals surface area contributed by atoms with Crippen molar-refractivity contribution in [3.63, 3.8) is 0 Å². The topological polar surface area (TPSA) is 96.0 Å². The second kappa shape index (κ2) is 12.8. The Kier molecular flexibility index (Phi) is 9.75. The van der Waals surface area contributed by atoms with E-state index >= 15 is 0 Å². The molecule has 0 unspecified atom stereocenters. The van der Waals surface area contributed by atoms with E-state index < -0.39 is 28.5 Å². The van der Waals surface area contributed by atoms with Crippen molar-refractivity contribution in [2.45, 2.75) is 58.1 Å². The predicted molar refractivity (Wildman–Crippen MR) is 153 cm³/mol. The first-order valence-corrected chi connectivity index (χ1v) is 14.3. The van der Waals surface area contributed by atoms with Gasteiger partial charge >= 0.3 is 0 Å². The van der Waals surface area contributed by atoms with E-state index in [2.05, 4.69) is 5.32 Å². The second-order valence-electron chi connectivity index (χ2n) is 9.81. The van der Waals surface area contributed by atoms with Gasteiger partial charge in [-0.05, 0) is 82.1 Å². The fourth-order valence-electron chi connectivity index (χ4n) is 4.07. The molecule has 3 rings (SSSR count). The van der Waals surface area contributed by atoms with Gasteiger partial charge in [-0.3, -0.25) is 13.9 Å². The van der Waals surface area contributed by atoms with E-state index in [0.29, 0.717) is 11.4 Å². The van der Waals surface area contributed by atoms with Gasteiger partial charge in [-0.1, -0.05) is 42.0 Å². The van der Waals surface area contributed by atoms with Crippen molar-refractivity contribution < 1.29 is 22.7 Å². The standard InChI is InChI=1S/C30H37N3O5S/c1-21(2)31-30(35)24(5)32(19-25-10-8-7-9-23(25)4)29(34)20-33(26-13-15-27(38-6)16-14-26)39(36,37)28-17-11-22(3)12-18-28/h7-18,21,24H,19-20H2,1-6H3,(H,31,35)/t24-/m1/s1. The normalized spacial score (nSPS) is 12.1. The molecule has 1 atom stereocenters. The molecule has 1 N–H and O–H groups in total. The van der Waals surface area contributed by atoms with Crippen LogP contribution >= 0.6 is 0 Å². The molecule has 0 aromatic heterocycles. The maximum atomic E-state index is 13.9. The summed E-state index contributed by atoms with van der Waals surface area (Å²) in [4.78, 5) is 28.4. The van der Waals surface area contributed by atoms with E-state index in [1.807, 2.05) is 52.0 Å². The molecule has 39 heavy (non-hydrogen) atoms. The molecule has 0 heterocycles. The Balaban J connectivity index is 2.04. The third-order valence-corrected chi connectivity index (χ3v) is 8.24. The number of ether oxygens (including phenoxy) is 1. The minimum Gasteiger partial charge on any atom is -0.497 e. The summed E-state index contributed by atoms with van der Waals surface area (Å²) in [5, 5.41) is 2.86. The number of hydrogen-bond donors (Lipinski definition) is 1. The quantitative estimate of drug-likeness (QED) is 0.380. The number of carbonyl (C=O) groups excluding carboxylic acids is 2. The fraction of sp³-hybridized carbons (Fsp3) is 0.333. The molecule has 3 aromatic rings. The van der Waals surface area contributed by atoms with E-state index in [9.17, 15) is 18.0 Å². The van der Waals surface area contributed by atoms with Gasteiger partial charge in [0.1, 0.15) is 18.3 Å². The van der Waals surface area contributed by atoms with Crippen molar-refractivity contribution in [2.75, 3.05) is 18.0 Å². The molecule has 0 aliphatic carbocycles. The summed E-state index contributed by atoms with van der Waals surface area (Å²) in [5.41, 5.74) is 3.05. The zero-order valence-electron chi connectivity index (χ0n) is 23.3. The van der Waals surface area contributed by atoms with Gasteiger partial charge in [0, 0.05) is 12.6 Å². The van der Waals surface area contributed by atoms with Gasteiger partial charge in [0.25, 0.3) is 10.0 Å². The molecule has 0 aliphatic heterocycles. The molecular formula is C30H37N3O5S. The highest BCUT2D eigenvalue weighted by atomic mass is 32.2. The van der Waals surface area contributed by atoms with Crippen LogP contribution in [0.3, 0.4) is 0 Å². The SMILES string of the molecule is COc1ccc(N(CC(=O)N(Cc2ccccc2C)[C@H](C)C(=O)NC(C)C)S(=O)(=O)c2ccc(C)cc2)cc1. The third-order valence-electron chi connectivity index (χ3n) is 6.45. The lowest BCUT2D eigenvalue weighted by atomic mass is 10.1. The number of nitrogens with zero attached hydrogens (tertiary/aromatic N) is 2. The first-order valence-electron chi connectivity index (χ1n) is 12.8. The maximum Gasteiger partial charge on any atom is 0.264 e. The van der Waals surface area contributed by atoms with E-state index in [0.717, 1.165) is 21.0 Å². The Morgan fingerprint density at radius 3 is 2.08 bits per heavy atom. The largest absolute Gasteiger partial charge is 0.497 e. The van der Waals surface area contributed by atoms with Gasteiger partial charge in [-0.25, -0.2) is 8.42 Å². The Morgan fingerprint density at radius 2 is 1.51 bits per heavy atom. The van der Waals surface area contributed by atoms with Crippen LogP contribution in [0.2, 0.25) is 0 Å². The Bertz CT molecular complexity index is 1390. The number of carbonyl (C=O) groups is 2. The van der Waals surface area contributed by atoms with Crippen molar-refractivity contribution in [1.29, 1.82) is 0 Å². The van der Waals surface area contributed by atoms with Crippen molar-refractivity contribution in [1.82, 2.24) is 10.2 Å². The van der Waals surface area contributed by atoms with Crippen LogP contribution in [0.15, 0.2) is 77.7 Å². The molecule has 9 heteroatoms. The molecule has 0 spiro atoms. The van der Waals surface area contributed by atoms with Crippen LogP contribution in [-0.2, 0) is 26.2 Å². The van der Waals surface area contributed by atoms with Crippen LogP contribution in [0.25, 0.3) is 0 Å². The van der Waals surface area contributed by atoms with Gasteiger partial charge in [0.2, 0.25) is 11.8 Å². The van der Waals surface area contributed by atoms with Gasteiger partial charge in [0.15, 0.2) is 0 Å². The van der Waals surface area contributed by atoms with E-state index in [-0.39, 0.29) is 23.4 Å². The zero-order chi connectivity index (χ0) is 28.7. The van der Waals surface area contributed by atoms with Crippen LogP contribution in [-0.4, -0.2) is 50.9 Å². The number of benzene rings is 3. The molecule has 0 radical (unpaired) electrons. The minimum absolute atomic E-state index is 0.0628. The van der Waals surface area contributed by atoms with Gasteiger partial charge in [-0.2, -0.15) is 0 Å². The van der Waals surface area contributed by atoms with Crippen LogP contribution < -0.4 is 14.4 Å². The highest BCUT2D eigenvalue weighted by Crippen LogP contribution is 2.27. The highest BCUT2D eigenvalue weighted by molar-refractivity contribution is 7.92. The summed E-state index contributed by atoms with van der Waals surface area (Å²) in [6.45, 7) is 8.80. The first-order chi connectivity index (χ1) is 18.4. The van der Waals surface area contributed by atoms with E-state index in [4.69, 9.17) is 4.74 Å². The molecule has 2 amide bonds. The Hall–Kier alpha value is -3.85. The minimum atomic E-state index is -4.12. The van der Waals surface area contributed by atoms with Gasteiger partial charge < -0.3 is 15.0 Å². The number of nitrogens with one attached hydrogen (secondary N) is 1. The average molecular weight is 552 g/mol. The molecular weight excluding hydrogens is 514 g/mol. The van der Waals surface area contributed by atoms with Crippen molar-refractivity contribution >= 4 is 27.5 Å². The van der Waals surface area contributed by atoms with Crippen LogP contribution in [0.4, 0.5) is 5.69 Å². The smallest absolute Gasteiger partial charge is 0.264 e. The average Bonchev–Trinajstić information content (AvgIpc) is 2.90. The maximum absolute atomic E-state index is 13.9. The molecule has 0 saturated carbocycles. The van der Waals surface area contributed by atoms with Gasteiger partial charge in [-0.15, -0.1) is 0 Å². The number of methoxy groups -OCH3 is 1. The van der Waals surface area contributed by atoms with Crippen molar-refractivity contribution in [2.24, 2.45) is 0 Å². The molecule has 3 aromatic carbocycles. The lowest BCUT2D eigenvalue weighted by Crippen LogP contribution is -2.52. The van der Waals surface area contributed by atoms with Crippen LogP contribution in [0.5, 0.6) is 5.75 Å². The summed E-state index contributed by atoms with van der Waals surface area (Å²) in [6, 6.07) is 19.6. The summed E-state index contributed by atoms with van der Waals surface area (Å²) >= 11 is 0. The number of anilines is 1. The number of hydrogen-bond acceptors (Lipinski definition) is 5. The number of rotatable bonds is 11. The summed E-state index contributed by atoms with van der Waals surface area (Å²) in [7, 11) is -2.60. The van der Waals surface area contributed by atoms with Gasteiger partial charge in [0.05, 0.1) is 17.7 Å². The fourth-order valence-corrected chi connectivity index (χ4v) is 5.49. The Morgan fingerprint density at radius 1 is 0.897 bits per heavy atom. The molecule has 208 valence electrons. The lowest BCUT2D eigenvalue weighted by molar-refractivity contribution is -0.139. The van der Waals surface area contributed by atoms with Crippen LogP contribution in [0.1, 0.15) is 37.5 Å². The van der Waals surface area contributed by atoms with Crippen LogP contribution in [0, 0.1) is 13.8 Å². The first kappa shape index (κ1) is 29.7. The predicted octanol–water partition coefficient (Wildman–Crippen LogP) is 4.45. The number of amides is 2. The molecule has 0 saturated heterocycles. The van der Waals surface area contributed by atoms with Crippen molar-refractivity contribution in [3.05, 3.63) is 89.5 Å². The summed E-state index contributed by atoms with van der Waals surface area (Å²) < 4.78 is 34.0. The zero-order valence-corrected chi connectivity index (χ0v) is 24.2. The number of aryl methyl sites for hydroxylation is 2.